The van der Waals surface area contributed by atoms with Gasteiger partial charge in [0.15, 0.2) is 0 Å². The monoisotopic (exact) mass is 322 g/mol. The van der Waals surface area contributed by atoms with Crippen LogP contribution < -0.4 is 14.8 Å². The molecule has 0 amide bonds. The van der Waals surface area contributed by atoms with Crippen LogP contribution in [0.15, 0.2) is 48.5 Å². The maximum atomic E-state index is 5.43. The Hall–Kier alpha value is -2.75. The number of hydrogen-bond donors (Lipinski definition) is 1. The lowest BCUT2D eigenvalue weighted by Gasteiger charge is -2.12. The summed E-state index contributed by atoms with van der Waals surface area (Å²) in [6.07, 6.45) is 0.870. The molecular weight excluding hydrogens is 300 g/mol. The molecule has 0 spiro atoms. The zero-order chi connectivity index (χ0) is 16.9. The number of para-hydroxylation sites is 2. The van der Waals surface area contributed by atoms with Gasteiger partial charge in [0.25, 0.3) is 0 Å². The average Bonchev–Trinajstić information content (AvgIpc) is 2.62. The number of anilines is 1. The largest absolute Gasteiger partial charge is 0.496 e. The van der Waals surface area contributed by atoms with Gasteiger partial charge in [-0.25, -0.2) is 4.98 Å². The number of nitrogens with zero attached hydrogens (tertiary/aromatic N) is 1. The minimum Gasteiger partial charge on any atom is -0.496 e. The van der Waals surface area contributed by atoms with Gasteiger partial charge >= 0.3 is 0 Å². The van der Waals surface area contributed by atoms with Gasteiger partial charge in [-0.05, 0) is 42.7 Å². The van der Waals surface area contributed by atoms with Crippen LogP contribution in [0.3, 0.4) is 0 Å². The van der Waals surface area contributed by atoms with Crippen LogP contribution in [0, 0.1) is 6.92 Å². The molecule has 0 bridgehead atoms. The van der Waals surface area contributed by atoms with E-state index in [2.05, 4.69) is 30.4 Å². The van der Waals surface area contributed by atoms with Crippen LogP contribution in [0.1, 0.15) is 11.1 Å². The summed E-state index contributed by atoms with van der Waals surface area (Å²) < 4.78 is 10.8. The van der Waals surface area contributed by atoms with Crippen LogP contribution in [-0.4, -0.2) is 25.7 Å². The molecule has 1 N–H and O–H groups in total. The van der Waals surface area contributed by atoms with Crippen molar-refractivity contribution in [3.8, 4) is 11.5 Å². The van der Waals surface area contributed by atoms with E-state index in [0.717, 1.165) is 41.2 Å². The Balaban J connectivity index is 1.78. The van der Waals surface area contributed by atoms with E-state index in [1.165, 1.54) is 11.1 Å². The van der Waals surface area contributed by atoms with Crippen LogP contribution in [0.25, 0.3) is 10.9 Å². The first kappa shape index (κ1) is 16.1. The lowest BCUT2D eigenvalue weighted by atomic mass is 10.1. The van der Waals surface area contributed by atoms with E-state index in [-0.39, 0.29) is 0 Å². The van der Waals surface area contributed by atoms with Crippen molar-refractivity contribution in [2.24, 2.45) is 0 Å². The van der Waals surface area contributed by atoms with E-state index >= 15 is 0 Å². The Morgan fingerprint density at radius 2 is 1.71 bits per heavy atom. The van der Waals surface area contributed by atoms with Gasteiger partial charge in [0.05, 0.1) is 14.2 Å². The third-order valence-corrected chi connectivity index (χ3v) is 4.12. The highest BCUT2D eigenvalue weighted by Gasteiger charge is 2.08. The molecule has 2 aromatic carbocycles. The fraction of sp³-hybridized carbons (Fsp3) is 0.250. The summed E-state index contributed by atoms with van der Waals surface area (Å²) in [6.45, 7) is 2.88. The maximum Gasteiger partial charge on any atom is 0.145 e. The molecule has 3 aromatic rings. The third-order valence-electron chi connectivity index (χ3n) is 4.12. The number of ether oxygens (including phenoxy) is 2. The minimum atomic E-state index is 0.785. The van der Waals surface area contributed by atoms with Crippen LogP contribution in [-0.2, 0) is 6.42 Å². The Labute approximate surface area is 142 Å². The summed E-state index contributed by atoms with van der Waals surface area (Å²) in [6, 6.07) is 16.2. The fourth-order valence-electron chi connectivity index (χ4n) is 2.88. The van der Waals surface area contributed by atoms with Crippen molar-refractivity contribution in [3.63, 3.8) is 0 Å². The Morgan fingerprint density at radius 1 is 0.958 bits per heavy atom. The Morgan fingerprint density at radius 3 is 2.50 bits per heavy atom. The van der Waals surface area contributed by atoms with Gasteiger partial charge in [-0.3, -0.25) is 0 Å². The SMILES string of the molecule is COc1ccccc1CCNc1cc(C)c2cccc(OC)c2n1. The van der Waals surface area contributed by atoms with Crippen LogP contribution in [0.5, 0.6) is 11.5 Å². The van der Waals surface area contributed by atoms with Gasteiger partial charge in [0.2, 0.25) is 0 Å². The molecule has 0 atom stereocenters. The number of fused-ring (bicyclic) bond motifs is 1. The van der Waals surface area contributed by atoms with Crippen LogP contribution in [0.2, 0.25) is 0 Å². The van der Waals surface area contributed by atoms with Gasteiger partial charge < -0.3 is 14.8 Å². The second kappa shape index (κ2) is 7.21. The van der Waals surface area contributed by atoms with E-state index in [0.29, 0.717) is 0 Å². The number of methoxy groups -OCH3 is 2. The predicted octanol–water partition coefficient (Wildman–Crippen LogP) is 4.22. The number of aryl methyl sites for hydroxylation is 1. The van der Waals surface area contributed by atoms with Crippen LogP contribution >= 0.6 is 0 Å². The molecular formula is C20H22N2O2. The van der Waals surface area contributed by atoms with Crippen molar-refractivity contribution in [1.29, 1.82) is 0 Å². The van der Waals surface area contributed by atoms with Gasteiger partial charge in [-0.15, -0.1) is 0 Å². The molecule has 1 heterocycles. The van der Waals surface area contributed by atoms with Gasteiger partial charge in [0.1, 0.15) is 22.8 Å². The summed E-state index contributed by atoms with van der Waals surface area (Å²) in [7, 11) is 3.38. The molecule has 124 valence electrons. The van der Waals surface area contributed by atoms with E-state index in [1.807, 2.05) is 30.3 Å². The molecule has 4 heteroatoms. The smallest absolute Gasteiger partial charge is 0.145 e. The van der Waals surface area contributed by atoms with Crippen molar-refractivity contribution in [2.45, 2.75) is 13.3 Å². The van der Waals surface area contributed by atoms with Crippen molar-refractivity contribution in [2.75, 3.05) is 26.1 Å². The minimum absolute atomic E-state index is 0.785. The topological polar surface area (TPSA) is 43.4 Å². The molecule has 0 fully saturated rings. The first-order chi connectivity index (χ1) is 11.7. The standard InChI is InChI=1S/C20H22N2O2/c1-14-13-19(22-20-16(14)8-6-10-18(20)24-3)21-12-11-15-7-4-5-9-17(15)23-2/h4-10,13H,11-12H2,1-3H3,(H,21,22). The second-order valence-corrected chi connectivity index (χ2v) is 5.67. The third kappa shape index (κ3) is 3.27. The van der Waals surface area contributed by atoms with E-state index in [4.69, 9.17) is 14.5 Å². The number of pyridine rings is 1. The molecule has 0 unspecified atom stereocenters. The summed E-state index contributed by atoms with van der Waals surface area (Å²) >= 11 is 0. The van der Waals surface area contributed by atoms with Crippen molar-refractivity contribution < 1.29 is 9.47 Å². The fourth-order valence-corrected chi connectivity index (χ4v) is 2.88. The van der Waals surface area contributed by atoms with E-state index in [1.54, 1.807) is 14.2 Å². The number of hydrogen-bond acceptors (Lipinski definition) is 4. The molecule has 4 nitrogen and oxygen atoms in total. The van der Waals surface area contributed by atoms with Crippen molar-refractivity contribution in [3.05, 3.63) is 59.7 Å². The Bertz CT molecular complexity index is 846. The number of rotatable bonds is 6. The van der Waals surface area contributed by atoms with Crippen LogP contribution in [0.4, 0.5) is 5.82 Å². The normalized spacial score (nSPS) is 10.6. The molecule has 0 aliphatic carbocycles. The highest BCUT2D eigenvalue weighted by molar-refractivity contribution is 5.88. The van der Waals surface area contributed by atoms with Crippen molar-refractivity contribution in [1.82, 2.24) is 4.98 Å². The van der Waals surface area contributed by atoms with Gasteiger partial charge in [-0.1, -0.05) is 30.3 Å². The highest BCUT2D eigenvalue weighted by Crippen LogP contribution is 2.28. The molecule has 0 saturated heterocycles. The zero-order valence-corrected chi connectivity index (χ0v) is 14.3. The summed E-state index contributed by atoms with van der Waals surface area (Å²) in [5, 5.41) is 4.52. The quantitative estimate of drug-likeness (QED) is 0.738. The lowest BCUT2D eigenvalue weighted by molar-refractivity contribution is 0.410. The summed E-state index contributed by atoms with van der Waals surface area (Å²) in [5.41, 5.74) is 3.25. The number of benzene rings is 2. The predicted molar refractivity (Wildman–Crippen MR) is 98.2 cm³/mol. The zero-order valence-electron chi connectivity index (χ0n) is 14.3. The number of nitrogens with one attached hydrogen (secondary N) is 1. The molecule has 0 saturated carbocycles. The average molecular weight is 322 g/mol. The van der Waals surface area contributed by atoms with Crippen molar-refractivity contribution >= 4 is 16.7 Å². The molecule has 24 heavy (non-hydrogen) atoms. The molecule has 3 rings (SSSR count). The number of aromatic nitrogens is 1. The van der Waals surface area contributed by atoms with Gasteiger partial charge in [-0.2, -0.15) is 0 Å². The molecule has 1 aromatic heterocycles. The molecule has 0 aliphatic rings. The summed E-state index contributed by atoms with van der Waals surface area (Å²) in [4.78, 5) is 4.71. The summed E-state index contributed by atoms with van der Waals surface area (Å²) in [5.74, 6) is 2.58. The van der Waals surface area contributed by atoms with E-state index in [9.17, 15) is 0 Å². The molecule has 0 radical (unpaired) electrons. The molecule has 0 aliphatic heterocycles. The Kier molecular flexibility index (Phi) is 4.85. The first-order valence-electron chi connectivity index (χ1n) is 8.03. The lowest BCUT2D eigenvalue weighted by Crippen LogP contribution is -2.07. The first-order valence-corrected chi connectivity index (χ1v) is 8.03. The second-order valence-electron chi connectivity index (χ2n) is 5.67. The maximum absolute atomic E-state index is 5.43. The van der Waals surface area contributed by atoms with Gasteiger partial charge in [0, 0.05) is 11.9 Å². The van der Waals surface area contributed by atoms with E-state index < -0.39 is 0 Å². The highest BCUT2D eigenvalue weighted by atomic mass is 16.5.